The van der Waals surface area contributed by atoms with Crippen LogP contribution in [0.25, 0.3) is 0 Å². The normalized spacial score (nSPS) is 16.0. The fraction of sp³-hybridized carbons (Fsp3) is 0.333. The Hall–Kier alpha value is -4.41. The molecule has 0 aromatic heterocycles. The van der Waals surface area contributed by atoms with Crippen LogP contribution in [-0.2, 0) is 6.18 Å². The van der Waals surface area contributed by atoms with Crippen molar-refractivity contribution in [2.45, 2.75) is 44.9 Å². The Morgan fingerprint density at radius 2 is 1.68 bits per heavy atom. The molecule has 1 atom stereocenters. The molecule has 1 aliphatic carbocycles. The summed E-state index contributed by atoms with van der Waals surface area (Å²) in [6.45, 7) is 4.48. The van der Waals surface area contributed by atoms with Crippen LogP contribution in [0.3, 0.4) is 0 Å². The van der Waals surface area contributed by atoms with Crippen LogP contribution in [0, 0.1) is 13.8 Å². The van der Waals surface area contributed by atoms with Crippen molar-refractivity contribution in [3.8, 4) is 11.5 Å². The van der Waals surface area contributed by atoms with Gasteiger partial charge in [0.1, 0.15) is 24.2 Å². The van der Waals surface area contributed by atoms with Crippen LogP contribution in [0.1, 0.15) is 51.4 Å². The van der Waals surface area contributed by atoms with E-state index in [1.165, 1.54) is 12.1 Å². The summed E-state index contributed by atoms with van der Waals surface area (Å²) in [6, 6.07) is 15.3. The van der Waals surface area contributed by atoms with Gasteiger partial charge in [0.2, 0.25) is 0 Å². The third-order valence-corrected chi connectivity index (χ3v) is 6.86. The van der Waals surface area contributed by atoms with E-state index in [-0.39, 0.29) is 17.7 Å². The van der Waals surface area contributed by atoms with Crippen LogP contribution in [0.5, 0.6) is 11.5 Å². The van der Waals surface area contributed by atoms with Gasteiger partial charge in [0.15, 0.2) is 0 Å². The van der Waals surface area contributed by atoms with Crippen molar-refractivity contribution in [2.24, 2.45) is 0 Å². The Labute approximate surface area is 235 Å². The van der Waals surface area contributed by atoms with Gasteiger partial charge in [-0.05, 0) is 85.7 Å². The number of hydrogen-bond donors (Lipinski definition) is 3. The number of halogens is 3. The van der Waals surface area contributed by atoms with E-state index in [0.29, 0.717) is 35.6 Å². The number of rotatable bonds is 6. The molecule has 1 fully saturated rings. The van der Waals surface area contributed by atoms with Crippen molar-refractivity contribution in [1.82, 2.24) is 0 Å². The van der Waals surface area contributed by atoms with E-state index in [1.807, 2.05) is 31.3 Å². The monoisotopic (exact) mass is 572 g/mol. The molecule has 2 aliphatic rings. The summed E-state index contributed by atoms with van der Waals surface area (Å²) in [6.07, 6.45) is -4.68. The maximum atomic E-state index is 13.6. The number of anilines is 2. The lowest BCUT2D eigenvalue weighted by Crippen LogP contribution is -2.41. The molecule has 41 heavy (non-hydrogen) atoms. The Bertz CT molecular complexity index is 1410. The number of carboxylic acid groups (broad SMARTS) is 2. The molecule has 0 unspecified atom stereocenters. The van der Waals surface area contributed by atoms with Crippen molar-refractivity contribution in [2.75, 3.05) is 30.4 Å². The fourth-order valence-corrected chi connectivity index (χ4v) is 4.90. The smallest absolute Gasteiger partial charge is 0.490 e. The number of carbonyl (C=O) groups is 2. The molecule has 8 nitrogen and oxygen atoms in total. The molecule has 0 bridgehead atoms. The summed E-state index contributed by atoms with van der Waals surface area (Å²) >= 11 is 0. The van der Waals surface area contributed by atoms with Gasteiger partial charge >= 0.3 is 12.3 Å². The van der Waals surface area contributed by atoms with Crippen LogP contribution in [0.15, 0.2) is 54.6 Å². The van der Waals surface area contributed by atoms with Crippen molar-refractivity contribution in [3.05, 3.63) is 82.4 Å². The van der Waals surface area contributed by atoms with Gasteiger partial charge in [-0.1, -0.05) is 18.2 Å². The van der Waals surface area contributed by atoms with Crippen molar-refractivity contribution < 1.29 is 42.4 Å². The topological polar surface area (TPSA) is 108 Å². The van der Waals surface area contributed by atoms with Gasteiger partial charge < -0.3 is 29.9 Å². The molecule has 1 aliphatic heterocycles. The van der Waals surface area contributed by atoms with Crippen molar-refractivity contribution in [1.29, 1.82) is 0 Å². The number of nitrogens with one attached hydrogen (secondary N) is 1. The van der Waals surface area contributed by atoms with E-state index in [2.05, 4.69) is 10.2 Å². The number of aryl methyl sites for hydroxylation is 2. The second-order valence-electron chi connectivity index (χ2n) is 10.1. The number of amides is 1. The number of likely N-dealkylation sites (N-methyl/N-ethyl adjacent to an activating group) is 1. The highest BCUT2D eigenvalue weighted by atomic mass is 19.4. The minimum Gasteiger partial charge on any atom is -0.490 e. The zero-order chi connectivity index (χ0) is 29.9. The summed E-state index contributed by atoms with van der Waals surface area (Å²) < 4.78 is 52.9. The molecule has 5 rings (SSSR count). The third kappa shape index (κ3) is 7.41. The van der Waals surface area contributed by atoms with E-state index in [0.717, 1.165) is 35.9 Å². The fourth-order valence-electron chi connectivity index (χ4n) is 4.90. The molecular weight excluding hydrogens is 541 g/mol. The molecule has 0 spiro atoms. The van der Waals surface area contributed by atoms with E-state index >= 15 is 0 Å². The van der Waals surface area contributed by atoms with Crippen molar-refractivity contribution in [3.63, 3.8) is 0 Å². The first kappa shape index (κ1) is 29.6. The zero-order valence-electron chi connectivity index (χ0n) is 22.8. The maximum Gasteiger partial charge on any atom is 0.503 e. The van der Waals surface area contributed by atoms with E-state index < -0.39 is 23.8 Å². The lowest BCUT2D eigenvalue weighted by molar-refractivity contribution is -0.136. The highest BCUT2D eigenvalue weighted by Crippen LogP contribution is 2.43. The number of ether oxygens (including phenoxy) is 2. The number of hydrogen-bond acceptors (Lipinski definition) is 5. The lowest BCUT2D eigenvalue weighted by Gasteiger charge is -2.33. The van der Waals surface area contributed by atoms with Gasteiger partial charge in [-0.2, -0.15) is 13.2 Å². The first-order chi connectivity index (χ1) is 19.3. The minimum atomic E-state index is -4.57. The van der Waals surface area contributed by atoms with Gasteiger partial charge in [-0.3, -0.25) is 4.79 Å². The summed E-state index contributed by atoms with van der Waals surface area (Å²) in [5.74, 6) is 1.06. The van der Waals surface area contributed by atoms with Crippen LogP contribution >= 0.6 is 0 Å². The third-order valence-electron chi connectivity index (χ3n) is 6.86. The number of carbonyl (C=O) groups excluding carboxylic acids is 1. The number of fused-ring (bicyclic) bond motifs is 1. The highest BCUT2D eigenvalue weighted by molar-refractivity contribution is 6.07. The Balaban J connectivity index is 0.000000909. The molecule has 0 saturated heterocycles. The maximum absolute atomic E-state index is 13.6. The number of benzene rings is 3. The standard InChI is InChI=1S/C29H29F3N2O3.CH2O3/c1-17-12-21(36-16-22-15-34(3)25-6-4-5-7-26(25)37-22)13-18(2)27(17)28(35)33-24-14-20(19-8-9-19)10-11-23(24)29(30,31)32;2-1(3)4/h4-7,10-14,19,22H,8-9,15-16H2,1-3H3,(H,33,35);(H2,2,3,4)/t22-;/m0./s1. The Kier molecular flexibility index (Phi) is 8.65. The van der Waals surface area contributed by atoms with Gasteiger partial charge in [0.05, 0.1) is 23.5 Å². The minimum absolute atomic E-state index is 0.178. The molecule has 218 valence electrons. The Morgan fingerprint density at radius 1 is 1.05 bits per heavy atom. The quantitative estimate of drug-likeness (QED) is 0.293. The van der Waals surface area contributed by atoms with Gasteiger partial charge in [-0.15, -0.1) is 0 Å². The van der Waals surface area contributed by atoms with E-state index in [9.17, 15) is 18.0 Å². The summed E-state index contributed by atoms with van der Waals surface area (Å²) in [4.78, 5) is 23.8. The average molecular weight is 573 g/mol. The summed E-state index contributed by atoms with van der Waals surface area (Å²) in [5.41, 5.74) is 2.35. The van der Waals surface area contributed by atoms with Gasteiger partial charge in [-0.25, -0.2) is 4.79 Å². The van der Waals surface area contributed by atoms with Crippen LogP contribution in [0.2, 0.25) is 0 Å². The molecule has 11 heteroatoms. The predicted molar refractivity (Wildman–Crippen MR) is 148 cm³/mol. The summed E-state index contributed by atoms with van der Waals surface area (Å²) in [5, 5.41) is 16.5. The number of nitrogens with zero attached hydrogens (tertiary/aromatic N) is 1. The van der Waals surface area contributed by atoms with Gasteiger partial charge in [0.25, 0.3) is 5.91 Å². The van der Waals surface area contributed by atoms with Gasteiger partial charge in [0, 0.05) is 12.6 Å². The first-order valence-corrected chi connectivity index (χ1v) is 13.0. The first-order valence-electron chi connectivity index (χ1n) is 13.0. The van der Waals surface area contributed by atoms with Crippen LogP contribution < -0.4 is 19.7 Å². The lowest BCUT2D eigenvalue weighted by atomic mass is 10.0. The van der Waals surface area contributed by atoms with E-state index in [1.54, 1.807) is 26.0 Å². The predicted octanol–water partition coefficient (Wildman–Crippen LogP) is 6.95. The van der Waals surface area contributed by atoms with Crippen LogP contribution in [0.4, 0.5) is 29.3 Å². The number of alkyl halides is 3. The molecule has 3 aromatic carbocycles. The molecule has 1 saturated carbocycles. The van der Waals surface area contributed by atoms with E-state index in [4.69, 9.17) is 24.5 Å². The van der Waals surface area contributed by atoms with Crippen LogP contribution in [-0.4, -0.2) is 48.6 Å². The Morgan fingerprint density at radius 3 is 2.29 bits per heavy atom. The molecule has 3 N–H and O–H groups in total. The molecule has 1 amide bonds. The molecule has 0 radical (unpaired) electrons. The largest absolute Gasteiger partial charge is 0.503 e. The zero-order valence-corrected chi connectivity index (χ0v) is 22.8. The molecule has 1 heterocycles. The second kappa shape index (κ2) is 12.0. The molecular formula is C30H31F3N2O6. The van der Waals surface area contributed by atoms with Crippen molar-refractivity contribution >= 4 is 23.4 Å². The highest BCUT2D eigenvalue weighted by Gasteiger charge is 2.35. The number of para-hydroxylation sites is 2. The summed E-state index contributed by atoms with van der Waals surface area (Å²) in [7, 11) is 2.00. The molecule has 3 aromatic rings. The second-order valence-corrected chi connectivity index (χ2v) is 10.1. The SMILES string of the molecule is Cc1cc(OC[C@@H]2CN(C)c3ccccc3O2)cc(C)c1C(=O)Nc1cc(C2CC2)ccc1C(F)(F)F.O=C(O)O. The average Bonchev–Trinajstić information content (AvgIpc) is 3.72.